The summed E-state index contributed by atoms with van der Waals surface area (Å²) in [7, 11) is 1.43. The Morgan fingerprint density at radius 3 is 2.40 bits per heavy atom. The average Bonchev–Trinajstić information content (AvgIpc) is 3.25. The van der Waals surface area contributed by atoms with Crippen molar-refractivity contribution in [2.24, 2.45) is 0 Å². The maximum absolute atomic E-state index is 12.5. The third kappa shape index (κ3) is 4.43. The van der Waals surface area contributed by atoms with Crippen LogP contribution in [0.1, 0.15) is 24.4 Å². The number of nitro benzene ring substituents is 1. The molecule has 0 bridgehead atoms. The number of carbonyl (C=O) groups excluding carboxylic acids is 1. The zero-order chi connectivity index (χ0) is 21.7. The summed E-state index contributed by atoms with van der Waals surface area (Å²) < 4.78 is 10.6. The van der Waals surface area contributed by atoms with Crippen molar-refractivity contribution in [3.05, 3.63) is 70.5 Å². The van der Waals surface area contributed by atoms with Crippen LogP contribution in [0.5, 0.6) is 5.75 Å². The van der Waals surface area contributed by atoms with Crippen molar-refractivity contribution >= 4 is 23.0 Å². The number of nitro groups is 1. The van der Waals surface area contributed by atoms with E-state index < -0.39 is 10.8 Å². The second kappa shape index (κ2) is 9.13. The van der Waals surface area contributed by atoms with Crippen molar-refractivity contribution < 1.29 is 18.9 Å². The van der Waals surface area contributed by atoms with E-state index in [-0.39, 0.29) is 22.8 Å². The second-order valence-electron chi connectivity index (χ2n) is 6.48. The largest absolute Gasteiger partial charge is 0.497 e. The Morgan fingerprint density at radius 1 is 1.10 bits per heavy atom. The van der Waals surface area contributed by atoms with Gasteiger partial charge in [0.2, 0.25) is 0 Å². The number of furan rings is 1. The van der Waals surface area contributed by atoms with E-state index >= 15 is 0 Å². The molecule has 30 heavy (non-hydrogen) atoms. The number of methoxy groups -OCH3 is 1. The Morgan fingerprint density at radius 2 is 1.80 bits per heavy atom. The molecule has 0 saturated carbocycles. The quantitative estimate of drug-likeness (QED) is 0.417. The van der Waals surface area contributed by atoms with Crippen LogP contribution in [0, 0.1) is 10.1 Å². The molecule has 8 heteroatoms. The number of ether oxygens (including phenoxy) is 1. The lowest BCUT2D eigenvalue weighted by Gasteiger charge is -2.21. The molecule has 0 aliphatic heterocycles. The van der Waals surface area contributed by atoms with Gasteiger partial charge in [-0.25, -0.2) is 0 Å². The summed E-state index contributed by atoms with van der Waals surface area (Å²) in [4.78, 5) is 25.6. The molecule has 3 rings (SSSR count). The number of carbonyl (C=O) groups is 1. The fourth-order valence-corrected chi connectivity index (χ4v) is 3.14. The summed E-state index contributed by atoms with van der Waals surface area (Å²) in [6.45, 7) is 5.96. The molecule has 156 valence electrons. The Labute approximate surface area is 174 Å². The SMILES string of the molecule is CCN(CC)c1ccc(NC(=O)c2ccc(-c3ccc(OC)cc3[N+](=O)[O-])o2)cc1. The summed E-state index contributed by atoms with van der Waals surface area (Å²) in [5, 5.41) is 14.2. The summed E-state index contributed by atoms with van der Waals surface area (Å²) >= 11 is 0. The third-order valence-electron chi connectivity index (χ3n) is 4.75. The van der Waals surface area contributed by atoms with Gasteiger partial charge in [0.25, 0.3) is 11.6 Å². The number of amides is 1. The van der Waals surface area contributed by atoms with Crippen LogP contribution in [0.2, 0.25) is 0 Å². The van der Waals surface area contributed by atoms with Crippen molar-refractivity contribution in [2.45, 2.75) is 13.8 Å². The molecule has 0 fully saturated rings. The van der Waals surface area contributed by atoms with Crippen LogP contribution < -0.4 is 15.0 Å². The topological polar surface area (TPSA) is 97.9 Å². The lowest BCUT2D eigenvalue weighted by atomic mass is 10.1. The smallest absolute Gasteiger partial charge is 0.291 e. The molecule has 1 aromatic heterocycles. The molecule has 3 aromatic rings. The molecule has 0 aliphatic rings. The summed E-state index contributed by atoms with van der Waals surface area (Å²) in [6.07, 6.45) is 0. The van der Waals surface area contributed by atoms with Crippen molar-refractivity contribution in [1.82, 2.24) is 0 Å². The van der Waals surface area contributed by atoms with Crippen LogP contribution in [-0.2, 0) is 0 Å². The number of hydrogen-bond acceptors (Lipinski definition) is 6. The highest BCUT2D eigenvalue weighted by Crippen LogP contribution is 2.34. The van der Waals surface area contributed by atoms with E-state index in [4.69, 9.17) is 9.15 Å². The van der Waals surface area contributed by atoms with Crippen LogP contribution >= 0.6 is 0 Å². The summed E-state index contributed by atoms with van der Waals surface area (Å²) in [6, 6.07) is 15.0. The molecule has 0 saturated heterocycles. The van der Waals surface area contributed by atoms with Gasteiger partial charge in [0.1, 0.15) is 11.5 Å². The molecule has 0 spiro atoms. The number of benzene rings is 2. The van der Waals surface area contributed by atoms with Gasteiger partial charge in [0, 0.05) is 24.5 Å². The van der Waals surface area contributed by atoms with Gasteiger partial charge in [-0.05, 0) is 62.4 Å². The first kappa shape index (κ1) is 20.9. The van der Waals surface area contributed by atoms with Crippen molar-refractivity contribution in [1.29, 1.82) is 0 Å². The van der Waals surface area contributed by atoms with Crippen LogP contribution in [0.3, 0.4) is 0 Å². The van der Waals surface area contributed by atoms with Crippen LogP contribution in [0.4, 0.5) is 17.1 Å². The average molecular weight is 409 g/mol. The molecule has 1 N–H and O–H groups in total. The lowest BCUT2D eigenvalue weighted by molar-refractivity contribution is -0.384. The van der Waals surface area contributed by atoms with Crippen LogP contribution in [0.25, 0.3) is 11.3 Å². The molecular weight excluding hydrogens is 386 g/mol. The highest BCUT2D eigenvalue weighted by Gasteiger charge is 2.21. The Hall–Kier alpha value is -3.81. The Kier molecular flexibility index (Phi) is 6.36. The van der Waals surface area contributed by atoms with E-state index in [1.807, 2.05) is 24.3 Å². The van der Waals surface area contributed by atoms with Crippen molar-refractivity contribution in [2.75, 3.05) is 30.4 Å². The van der Waals surface area contributed by atoms with E-state index in [9.17, 15) is 14.9 Å². The Bertz CT molecular complexity index is 1040. The second-order valence-corrected chi connectivity index (χ2v) is 6.48. The maximum Gasteiger partial charge on any atom is 0.291 e. The third-order valence-corrected chi connectivity index (χ3v) is 4.75. The van der Waals surface area contributed by atoms with Gasteiger partial charge in [-0.1, -0.05) is 0 Å². The summed E-state index contributed by atoms with van der Waals surface area (Å²) in [5.41, 5.74) is 1.81. The molecule has 8 nitrogen and oxygen atoms in total. The van der Waals surface area contributed by atoms with Crippen LogP contribution in [-0.4, -0.2) is 31.0 Å². The summed E-state index contributed by atoms with van der Waals surface area (Å²) in [5.74, 6) is 0.213. The van der Waals surface area contributed by atoms with E-state index in [1.54, 1.807) is 6.07 Å². The van der Waals surface area contributed by atoms with Gasteiger partial charge in [-0.3, -0.25) is 14.9 Å². The predicted molar refractivity (Wildman–Crippen MR) is 115 cm³/mol. The Balaban J connectivity index is 1.78. The number of anilines is 2. The monoisotopic (exact) mass is 409 g/mol. The zero-order valence-electron chi connectivity index (χ0n) is 17.0. The molecule has 1 amide bonds. The normalized spacial score (nSPS) is 10.5. The molecule has 1 heterocycles. The highest BCUT2D eigenvalue weighted by atomic mass is 16.6. The fourth-order valence-electron chi connectivity index (χ4n) is 3.14. The number of rotatable bonds is 8. The predicted octanol–water partition coefficient (Wildman–Crippen LogP) is 4.96. The van der Waals surface area contributed by atoms with Crippen molar-refractivity contribution in [3.63, 3.8) is 0 Å². The minimum Gasteiger partial charge on any atom is -0.497 e. The first-order chi connectivity index (χ1) is 14.5. The zero-order valence-corrected chi connectivity index (χ0v) is 17.0. The number of hydrogen-bond donors (Lipinski definition) is 1. The van der Waals surface area contributed by atoms with Gasteiger partial charge in [-0.2, -0.15) is 0 Å². The van der Waals surface area contributed by atoms with Gasteiger partial charge >= 0.3 is 0 Å². The van der Waals surface area contributed by atoms with Gasteiger partial charge in [0.05, 0.1) is 23.7 Å². The van der Waals surface area contributed by atoms with E-state index in [1.165, 1.54) is 31.4 Å². The molecular formula is C22H23N3O5. The fraction of sp³-hybridized carbons (Fsp3) is 0.227. The molecule has 2 aromatic carbocycles. The first-order valence-corrected chi connectivity index (χ1v) is 9.55. The minimum atomic E-state index is -0.516. The van der Waals surface area contributed by atoms with E-state index in [2.05, 4.69) is 24.1 Å². The standard InChI is InChI=1S/C22H23N3O5/c1-4-24(5-2)16-8-6-15(7-9-16)23-22(26)21-13-12-20(30-21)18-11-10-17(29-3)14-19(18)25(27)28/h6-14H,4-5H2,1-3H3,(H,23,26). The van der Waals surface area contributed by atoms with E-state index in [0.29, 0.717) is 11.4 Å². The maximum atomic E-state index is 12.5. The number of nitrogens with zero attached hydrogens (tertiary/aromatic N) is 2. The first-order valence-electron chi connectivity index (χ1n) is 9.55. The van der Waals surface area contributed by atoms with Crippen LogP contribution in [0.15, 0.2) is 59.0 Å². The number of nitrogens with one attached hydrogen (secondary N) is 1. The van der Waals surface area contributed by atoms with Gasteiger partial charge in [0.15, 0.2) is 5.76 Å². The molecule has 0 atom stereocenters. The van der Waals surface area contributed by atoms with E-state index in [0.717, 1.165) is 18.8 Å². The molecule has 0 aliphatic carbocycles. The highest BCUT2D eigenvalue weighted by molar-refractivity contribution is 6.02. The minimum absolute atomic E-state index is 0.0583. The van der Waals surface area contributed by atoms with Crippen molar-refractivity contribution in [3.8, 4) is 17.1 Å². The van der Waals surface area contributed by atoms with Gasteiger partial charge < -0.3 is 19.4 Å². The lowest BCUT2D eigenvalue weighted by Crippen LogP contribution is -2.21. The molecule has 0 radical (unpaired) electrons. The van der Waals surface area contributed by atoms with Gasteiger partial charge in [-0.15, -0.1) is 0 Å². The molecule has 0 unspecified atom stereocenters.